The molecule has 8 heteroatoms. The molecule has 3 aromatic rings. The molecule has 3 heterocycles. The van der Waals surface area contributed by atoms with E-state index in [9.17, 15) is 4.79 Å². The highest BCUT2D eigenvalue weighted by atomic mass is 32.1. The van der Waals surface area contributed by atoms with Crippen LogP contribution < -0.4 is 5.73 Å². The van der Waals surface area contributed by atoms with Crippen LogP contribution in [0.25, 0.3) is 11.0 Å². The molecule has 7 nitrogen and oxygen atoms in total. The molecule has 1 aliphatic rings. The molecule has 2 aromatic heterocycles. The lowest BCUT2D eigenvalue weighted by Gasteiger charge is -2.33. The first-order valence-corrected chi connectivity index (χ1v) is 10.2. The number of rotatable bonds is 4. The highest BCUT2D eigenvalue weighted by Crippen LogP contribution is 2.31. The number of piperidine rings is 1. The molecule has 0 aliphatic carbocycles. The molecule has 0 saturated carbocycles. The number of carbonyl (C=O) groups is 1. The van der Waals surface area contributed by atoms with Gasteiger partial charge in [0, 0.05) is 25.0 Å². The Morgan fingerprint density at radius 2 is 2.15 bits per heavy atom. The van der Waals surface area contributed by atoms with Crippen LogP contribution in [-0.2, 0) is 11.2 Å². The summed E-state index contributed by atoms with van der Waals surface area (Å²) in [6.45, 7) is 5.85. The van der Waals surface area contributed by atoms with Crippen LogP contribution in [0.2, 0.25) is 0 Å². The first kappa shape index (κ1) is 17.9. The minimum absolute atomic E-state index is 0.0862. The zero-order valence-corrected chi connectivity index (χ0v) is 16.4. The molecule has 27 heavy (non-hydrogen) atoms. The highest BCUT2D eigenvalue weighted by Gasteiger charge is 2.29. The average molecular weight is 385 g/mol. The van der Waals surface area contributed by atoms with Crippen molar-refractivity contribution in [2.75, 3.05) is 18.8 Å². The summed E-state index contributed by atoms with van der Waals surface area (Å²) in [5, 5.41) is 8.85. The van der Waals surface area contributed by atoms with Crippen molar-refractivity contribution >= 4 is 33.4 Å². The van der Waals surface area contributed by atoms with Gasteiger partial charge in [-0.05, 0) is 38.8 Å². The normalized spacial score (nSPS) is 17.7. The fourth-order valence-electron chi connectivity index (χ4n) is 3.89. The van der Waals surface area contributed by atoms with Gasteiger partial charge < -0.3 is 15.2 Å². The van der Waals surface area contributed by atoms with Crippen LogP contribution in [0.5, 0.6) is 0 Å². The first-order chi connectivity index (χ1) is 13.0. The van der Waals surface area contributed by atoms with Crippen LogP contribution in [0.3, 0.4) is 0 Å². The Bertz CT molecular complexity index is 962. The summed E-state index contributed by atoms with van der Waals surface area (Å²) in [4.78, 5) is 19.6. The molecular formula is C19H24N6OS. The predicted molar refractivity (Wildman–Crippen MR) is 107 cm³/mol. The molecule has 4 rings (SSSR count). The SMILES string of the molecule is CC(C)n1c([C@@H]2CCCN(C(=O)Cc3nnc(N)s3)C2)nc2ccccc21. The van der Waals surface area contributed by atoms with Crippen molar-refractivity contribution in [3.05, 3.63) is 35.1 Å². The van der Waals surface area contributed by atoms with Crippen molar-refractivity contribution < 1.29 is 4.79 Å². The van der Waals surface area contributed by atoms with Gasteiger partial charge in [0.2, 0.25) is 11.0 Å². The molecule has 1 aromatic carbocycles. The Morgan fingerprint density at radius 1 is 1.33 bits per heavy atom. The van der Waals surface area contributed by atoms with E-state index < -0.39 is 0 Å². The van der Waals surface area contributed by atoms with E-state index in [1.807, 2.05) is 11.0 Å². The number of benzene rings is 1. The van der Waals surface area contributed by atoms with Crippen LogP contribution in [0, 0.1) is 0 Å². The lowest BCUT2D eigenvalue weighted by molar-refractivity contribution is -0.131. The van der Waals surface area contributed by atoms with Crippen molar-refractivity contribution in [2.24, 2.45) is 0 Å². The smallest absolute Gasteiger partial charge is 0.229 e. The van der Waals surface area contributed by atoms with E-state index in [0.29, 0.717) is 22.7 Å². The van der Waals surface area contributed by atoms with Crippen molar-refractivity contribution in [2.45, 2.75) is 45.1 Å². The predicted octanol–water partition coefficient (Wildman–Crippen LogP) is 3.00. The molecular weight excluding hydrogens is 360 g/mol. The molecule has 1 amide bonds. The molecule has 142 valence electrons. The summed E-state index contributed by atoms with van der Waals surface area (Å²) in [7, 11) is 0. The van der Waals surface area contributed by atoms with Gasteiger partial charge >= 0.3 is 0 Å². The number of hydrogen-bond donors (Lipinski definition) is 1. The Hall–Kier alpha value is -2.48. The van der Waals surface area contributed by atoms with Gasteiger partial charge in [0.15, 0.2) is 0 Å². The molecule has 0 bridgehead atoms. The standard InChI is InChI=1S/C19H24N6OS/c1-12(2)25-15-8-4-3-7-14(15)21-18(25)13-6-5-9-24(11-13)17(26)10-16-22-23-19(20)27-16/h3-4,7-8,12-13H,5-6,9-11H2,1-2H3,(H2,20,23)/t13-/m1/s1. The summed E-state index contributed by atoms with van der Waals surface area (Å²) in [6, 6.07) is 8.58. The van der Waals surface area contributed by atoms with Gasteiger partial charge in [0.25, 0.3) is 0 Å². The number of para-hydroxylation sites is 2. The quantitative estimate of drug-likeness (QED) is 0.747. The van der Waals surface area contributed by atoms with Crippen LogP contribution in [0.15, 0.2) is 24.3 Å². The van der Waals surface area contributed by atoms with Crippen molar-refractivity contribution in [1.82, 2.24) is 24.6 Å². The number of likely N-dealkylation sites (tertiary alicyclic amines) is 1. The molecule has 1 aliphatic heterocycles. The van der Waals surface area contributed by atoms with Crippen molar-refractivity contribution in [3.8, 4) is 0 Å². The second-order valence-corrected chi connectivity index (χ2v) is 8.41. The number of nitrogens with two attached hydrogens (primary N) is 1. The van der Waals surface area contributed by atoms with E-state index in [2.05, 4.69) is 46.8 Å². The Morgan fingerprint density at radius 3 is 2.89 bits per heavy atom. The van der Waals surface area contributed by atoms with Crippen LogP contribution in [0.1, 0.15) is 49.5 Å². The van der Waals surface area contributed by atoms with Gasteiger partial charge in [-0.3, -0.25) is 4.79 Å². The fraction of sp³-hybridized carbons (Fsp3) is 0.474. The summed E-state index contributed by atoms with van der Waals surface area (Å²) in [5.41, 5.74) is 7.81. The van der Waals surface area contributed by atoms with Gasteiger partial charge in [-0.1, -0.05) is 23.5 Å². The molecule has 1 fully saturated rings. The summed E-state index contributed by atoms with van der Waals surface area (Å²) in [5.74, 6) is 1.42. The number of carbonyl (C=O) groups excluding carboxylic acids is 1. The Labute approximate surface area is 162 Å². The molecule has 0 radical (unpaired) electrons. The number of amides is 1. The summed E-state index contributed by atoms with van der Waals surface area (Å²) in [6.07, 6.45) is 2.30. The van der Waals surface area contributed by atoms with Crippen LogP contribution in [-0.4, -0.2) is 43.6 Å². The number of nitrogens with zero attached hydrogens (tertiary/aromatic N) is 5. The zero-order chi connectivity index (χ0) is 19.0. The van der Waals surface area contributed by atoms with Gasteiger partial charge in [-0.2, -0.15) is 0 Å². The number of fused-ring (bicyclic) bond motifs is 1. The Kier molecular flexibility index (Phi) is 4.82. The first-order valence-electron chi connectivity index (χ1n) is 9.35. The molecule has 0 spiro atoms. The molecule has 2 N–H and O–H groups in total. The van der Waals surface area contributed by atoms with E-state index >= 15 is 0 Å². The van der Waals surface area contributed by atoms with Gasteiger partial charge in [-0.15, -0.1) is 10.2 Å². The summed E-state index contributed by atoms with van der Waals surface area (Å²) < 4.78 is 2.32. The monoisotopic (exact) mass is 384 g/mol. The zero-order valence-electron chi connectivity index (χ0n) is 15.6. The largest absolute Gasteiger partial charge is 0.374 e. The lowest BCUT2D eigenvalue weighted by Crippen LogP contribution is -2.40. The number of hydrogen-bond acceptors (Lipinski definition) is 6. The number of imidazole rings is 1. The minimum atomic E-state index is 0.0862. The van der Waals surface area contributed by atoms with Crippen LogP contribution in [0.4, 0.5) is 5.13 Å². The molecule has 1 atom stereocenters. The second kappa shape index (κ2) is 7.26. The third-order valence-corrected chi connectivity index (χ3v) is 5.82. The summed E-state index contributed by atoms with van der Waals surface area (Å²) >= 11 is 1.28. The maximum Gasteiger partial charge on any atom is 0.229 e. The van der Waals surface area contributed by atoms with E-state index in [1.54, 1.807) is 0 Å². The lowest BCUT2D eigenvalue weighted by atomic mass is 9.96. The average Bonchev–Trinajstić information content (AvgIpc) is 3.25. The van der Waals surface area contributed by atoms with E-state index in [1.165, 1.54) is 11.3 Å². The number of anilines is 1. The number of nitrogen functional groups attached to an aromatic ring is 1. The topological polar surface area (TPSA) is 89.9 Å². The molecule has 1 saturated heterocycles. The maximum absolute atomic E-state index is 12.7. The fourth-order valence-corrected chi connectivity index (χ4v) is 4.49. The third kappa shape index (κ3) is 3.53. The number of aromatic nitrogens is 4. The van der Waals surface area contributed by atoms with Gasteiger partial charge in [0.05, 0.1) is 17.5 Å². The second-order valence-electron chi connectivity index (χ2n) is 7.31. The van der Waals surface area contributed by atoms with E-state index in [4.69, 9.17) is 10.7 Å². The van der Waals surface area contributed by atoms with Crippen LogP contribution >= 0.6 is 11.3 Å². The third-order valence-electron chi connectivity index (χ3n) is 5.06. The molecule has 0 unspecified atom stereocenters. The maximum atomic E-state index is 12.7. The van der Waals surface area contributed by atoms with E-state index in [-0.39, 0.29) is 18.2 Å². The van der Waals surface area contributed by atoms with Gasteiger partial charge in [-0.25, -0.2) is 4.98 Å². The van der Waals surface area contributed by atoms with E-state index in [0.717, 1.165) is 36.2 Å². The Balaban J connectivity index is 1.57. The highest BCUT2D eigenvalue weighted by molar-refractivity contribution is 7.15. The van der Waals surface area contributed by atoms with Gasteiger partial charge in [0.1, 0.15) is 10.8 Å². The van der Waals surface area contributed by atoms with Crippen molar-refractivity contribution in [1.29, 1.82) is 0 Å². The minimum Gasteiger partial charge on any atom is -0.374 e. The van der Waals surface area contributed by atoms with Crippen molar-refractivity contribution in [3.63, 3.8) is 0 Å².